The van der Waals surface area contributed by atoms with E-state index in [4.69, 9.17) is 30.3 Å². The van der Waals surface area contributed by atoms with Gasteiger partial charge in [0.05, 0.1) is 18.7 Å². The summed E-state index contributed by atoms with van der Waals surface area (Å²) in [7, 11) is 1.66. The van der Waals surface area contributed by atoms with E-state index in [0.717, 1.165) is 41.7 Å². The van der Waals surface area contributed by atoms with Crippen LogP contribution >= 0.6 is 0 Å². The second-order valence-electron chi connectivity index (χ2n) is 9.37. The Morgan fingerprint density at radius 3 is 2.49 bits per heavy atom. The van der Waals surface area contributed by atoms with Gasteiger partial charge in [0.1, 0.15) is 24.1 Å². The first-order valence-corrected chi connectivity index (χ1v) is 12.0. The van der Waals surface area contributed by atoms with Crippen molar-refractivity contribution in [1.82, 2.24) is 9.88 Å². The lowest BCUT2D eigenvalue weighted by Gasteiger charge is -2.50. The molecule has 2 aromatic rings. The first-order chi connectivity index (χ1) is 17.6. The van der Waals surface area contributed by atoms with Crippen LogP contribution in [0.4, 0.5) is 0 Å². The molecule has 202 valence electrons. The molecule has 0 radical (unpaired) electrons. The van der Waals surface area contributed by atoms with E-state index in [-0.39, 0.29) is 12.3 Å². The van der Waals surface area contributed by atoms with E-state index < -0.39 is 36.5 Å². The summed E-state index contributed by atoms with van der Waals surface area (Å²) in [4.78, 5) is 26.8. The molecule has 5 rings (SSSR count). The standard InChI is InChI=1S/C20H24N2O2.C6H10O7/c1-3-13-12-22-9-7-14(13)10-19(22)20(23)16-6-8-21-18-5-4-15(24-2)11-17(16)18;7-1-2(8)3(9)4(10)5(11)6(12)13/h3-6,8,11,13-14,19-20,23H,1,7,9-10,12H2,2H3;1-5,8-11H,(H,12,13)/t13-,14?,19+,20-;2-,3+,4+,5-/m00/s1. The molecule has 11 heteroatoms. The van der Waals surface area contributed by atoms with Gasteiger partial charge in [-0.05, 0) is 61.1 Å². The van der Waals surface area contributed by atoms with Crippen molar-refractivity contribution < 1.29 is 45.0 Å². The number of carboxylic acids is 1. The number of aromatic nitrogens is 1. The molecule has 3 fully saturated rings. The van der Waals surface area contributed by atoms with Gasteiger partial charge in [-0.2, -0.15) is 0 Å². The Hall–Kier alpha value is -2.93. The summed E-state index contributed by atoms with van der Waals surface area (Å²) in [5, 5.41) is 55.3. The number of benzene rings is 1. The number of rotatable bonds is 9. The van der Waals surface area contributed by atoms with Crippen LogP contribution in [-0.2, 0) is 9.59 Å². The van der Waals surface area contributed by atoms with Gasteiger partial charge in [-0.25, -0.2) is 4.79 Å². The molecule has 0 amide bonds. The number of fused-ring (bicyclic) bond motifs is 4. The summed E-state index contributed by atoms with van der Waals surface area (Å²) in [6, 6.07) is 7.96. The van der Waals surface area contributed by atoms with Crippen LogP contribution in [0.25, 0.3) is 10.9 Å². The molecule has 37 heavy (non-hydrogen) atoms. The first-order valence-electron chi connectivity index (χ1n) is 12.0. The molecule has 2 unspecified atom stereocenters. The third-order valence-electron chi connectivity index (χ3n) is 7.24. The van der Waals surface area contributed by atoms with Crippen molar-refractivity contribution in [3.63, 3.8) is 0 Å². The number of aldehydes is 1. The van der Waals surface area contributed by atoms with E-state index in [9.17, 15) is 14.7 Å². The Labute approximate surface area is 214 Å². The third-order valence-corrected chi connectivity index (χ3v) is 7.24. The van der Waals surface area contributed by atoms with Gasteiger partial charge in [0, 0.05) is 24.2 Å². The van der Waals surface area contributed by atoms with Crippen molar-refractivity contribution in [2.75, 3.05) is 20.2 Å². The maximum absolute atomic E-state index is 11.2. The van der Waals surface area contributed by atoms with Gasteiger partial charge in [-0.1, -0.05) is 6.08 Å². The predicted molar refractivity (Wildman–Crippen MR) is 133 cm³/mol. The van der Waals surface area contributed by atoms with E-state index in [0.29, 0.717) is 11.8 Å². The second kappa shape index (κ2) is 12.5. The highest BCUT2D eigenvalue weighted by Crippen LogP contribution is 2.42. The number of aliphatic hydroxyl groups excluding tert-OH is 5. The van der Waals surface area contributed by atoms with E-state index in [2.05, 4.69) is 22.5 Å². The molecule has 6 N–H and O–H groups in total. The minimum atomic E-state index is -2.25. The summed E-state index contributed by atoms with van der Waals surface area (Å²) < 4.78 is 5.35. The molecular formula is C26H34N2O9. The largest absolute Gasteiger partial charge is 0.497 e. The van der Waals surface area contributed by atoms with Gasteiger partial charge in [-0.3, -0.25) is 9.88 Å². The molecule has 11 nitrogen and oxygen atoms in total. The Morgan fingerprint density at radius 1 is 1.19 bits per heavy atom. The van der Waals surface area contributed by atoms with Crippen LogP contribution in [0.15, 0.2) is 43.1 Å². The van der Waals surface area contributed by atoms with Crippen LogP contribution < -0.4 is 4.74 Å². The Bertz CT molecular complexity index is 1100. The highest BCUT2D eigenvalue weighted by atomic mass is 16.5. The van der Waals surface area contributed by atoms with Crippen molar-refractivity contribution >= 4 is 23.2 Å². The van der Waals surface area contributed by atoms with Gasteiger partial charge in [0.2, 0.25) is 0 Å². The number of carbonyl (C=O) groups excluding carboxylic acids is 1. The summed E-state index contributed by atoms with van der Waals surface area (Å²) in [5.74, 6) is 0.247. The lowest BCUT2D eigenvalue weighted by atomic mass is 9.73. The normalized spacial score (nSPS) is 26.6. The molecule has 1 aromatic heterocycles. The van der Waals surface area contributed by atoms with Gasteiger partial charge >= 0.3 is 5.97 Å². The molecule has 3 saturated heterocycles. The molecule has 4 heterocycles. The number of ether oxygens (including phenoxy) is 1. The fourth-order valence-corrected chi connectivity index (χ4v) is 5.06. The number of methoxy groups -OCH3 is 1. The van der Waals surface area contributed by atoms with Crippen molar-refractivity contribution in [1.29, 1.82) is 0 Å². The molecule has 0 aliphatic carbocycles. The Kier molecular flexibility index (Phi) is 9.71. The molecule has 0 saturated carbocycles. The van der Waals surface area contributed by atoms with Crippen molar-refractivity contribution in [2.24, 2.45) is 11.8 Å². The van der Waals surface area contributed by atoms with Gasteiger partial charge in [0.15, 0.2) is 12.4 Å². The molecular weight excluding hydrogens is 484 g/mol. The number of hydrogen-bond donors (Lipinski definition) is 6. The monoisotopic (exact) mass is 518 g/mol. The predicted octanol–water partition coefficient (Wildman–Crippen LogP) is -0.113. The SMILES string of the molecule is C=C[C@H]1CN2CCC1C[C@@H]2[C@@H](O)c1ccnc2ccc(OC)cc12.O=C[C@H](O)[C@@H](O)[C@@H](O)[C@H](O)C(=O)O. The number of pyridine rings is 1. The number of carbonyl (C=O) groups is 2. The van der Waals surface area contributed by atoms with Crippen molar-refractivity contribution in [3.8, 4) is 5.75 Å². The van der Waals surface area contributed by atoms with E-state index >= 15 is 0 Å². The molecule has 0 spiro atoms. The fraction of sp³-hybridized carbons (Fsp3) is 0.500. The van der Waals surface area contributed by atoms with Crippen LogP contribution in [-0.4, -0.2) is 103 Å². The lowest BCUT2D eigenvalue weighted by molar-refractivity contribution is -0.163. The number of hydrogen-bond acceptors (Lipinski definition) is 10. The van der Waals surface area contributed by atoms with Crippen LogP contribution in [0.1, 0.15) is 24.5 Å². The highest BCUT2D eigenvalue weighted by Gasteiger charge is 2.42. The second-order valence-corrected chi connectivity index (χ2v) is 9.37. The molecule has 3 aliphatic heterocycles. The van der Waals surface area contributed by atoms with E-state index in [1.165, 1.54) is 6.42 Å². The molecule has 3 aliphatic rings. The van der Waals surface area contributed by atoms with Gasteiger partial charge < -0.3 is 40.2 Å². The van der Waals surface area contributed by atoms with Crippen molar-refractivity contribution in [3.05, 3.63) is 48.7 Å². The minimum Gasteiger partial charge on any atom is -0.497 e. The van der Waals surface area contributed by atoms with Crippen LogP contribution in [0.2, 0.25) is 0 Å². The number of nitrogens with zero attached hydrogens (tertiary/aromatic N) is 2. The maximum atomic E-state index is 11.2. The van der Waals surface area contributed by atoms with E-state index in [1.807, 2.05) is 24.3 Å². The fourth-order valence-electron chi connectivity index (χ4n) is 5.06. The minimum absolute atomic E-state index is 0.0809. The average Bonchev–Trinajstić information content (AvgIpc) is 2.94. The zero-order valence-electron chi connectivity index (χ0n) is 20.5. The Morgan fingerprint density at radius 2 is 1.92 bits per heavy atom. The van der Waals surface area contributed by atoms with Crippen LogP contribution in [0, 0.1) is 11.8 Å². The third kappa shape index (κ3) is 6.32. The highest BCUT2D eigenvalue weighted by molar-refractivity contribution is 5.84. The van der Waals surface area contributed by atoms with Gasteiger partial charge in [-0.15, -0.1) is 6.58 Å². The number of carboxylic acid groups (broad SMARTS) is 1. The first kappa shape index (κ1) is 28.6. The summed E-state index contributed by atoms with van der Waals surface area (Å²) >= 11 is 0. The van der Waals surface area contributed by atoms with Gasteiger partial charge in [0.25, 0.3) is 0 Å². The Balaban J connectivity index is 0.000000251. The summed E-state index contributed by atoms with van der Waals surface area (Å²) in [6.07, 6.45) is -2.77. The van der Waals surface area contributed by atoms with Crippen LogP contribution in [0.5, 0.6) is 5.75 Å². The number of aliphatic hydroxyl groups is 5. The molecule has 2 bridgehead atoms. The molecule has 1 aromatic carbocycles. The maximum Gasteiger partial charge on any atom is 0.335 e. The quantitative estimate of drug-likeness (QED) is 0.192. The van der Waals surface area contributed by atoms with E-state index in [1.54, 1.807) is 13.3 Å². The average molecular weight is 519 g/mol. The topological polar surface area (TPSA) is 181 Å². The lowest BCUT2D eigenvalue weighted by Crippen LogP contribution is -2.54. The number of piperidine rings is 3. The zero-order valence-corrected chi connectivity index (χ0v) is 20.5. The van der Waals surface area contributed by atoms with Crippen molar-refractivity contribution in [2.45, 2.75) is 49.4 Å². The molecule has 9 atom stereocenters. The smallest absolute Gasteiger partial charge is 0.335 e. The van der Waals surface area contributed by atoms with Crippen LogP contribution in [0.3, 0.4) is 0 Å². The summed E-state index contributed by atoms with van der Waals surface area (Å²) in [6.45, 7) is 6.07. The zero-order chi connectivity index (χ0) is 27.3. The summed E-state index contributed by atoms with van der Waals surface area (Å²) in [5.41, 5.74) is 1.85. The number of aliphatic carboxylic acids is 1.